The van der Waals surface area contributed by atoms with E-state index in [0.29, 0.717) is 24.2 Å². The number of fused-ring (bicyclic) bond motifs is 1. The first-order valence-corrected chi connectivity index (χ1v) is 11.7. The minimum atomic E-state index is 0.0765. The van der Waals surface area contributed by atoms with E-state index in [9.17, 15) is 4.79 Å². The highest BCUT2D eigenvalue weighted by Gasteiger charge is 2.24. The second-order valence-corrected chi connectivity index (χ2v) is 9.41. The van der Waals surface area contributed by atoms with E-state index >= 15 is 0 Å². The fourth-order valence-corrected chi connectivity index (χ4v) is 4.41. The number of benzene rings is 2. The molecule has 2 heterocycles. The smallest absolute Gasteiger partial charge is 0.232 e. The van der Waals surface area contributed by atoms with Crippen LogP contribution in [0.15, 0.2) is 47.2 Å². The first-order valence-electron chi connectivity index (χ1n) is 10.9. The van der Waals surface area contributed by atoms with Crippen molar-refractivity contribution >= 4 is 45.1 Å². The fourth-order valence-electron chi connectivity index (χ4n) is 4.00. The van der Waals surface area contributed by atoms with Crippen molar-refractivity contribution < 1.29 is 4.79 Å². The average molecular weight is 493 g/mol. The van der Waals surface area contributed by atoms with Crippen molar-refractivity contribution in [2.24, 2.45) is 5.92 Å². The maximum Gasteiger partial charge on any atom is 0.232 e. The summed E-state index contributed by atoms with van der Waals surface area (Å²) in [6.07, 6.45) is 5.42. The zero-order valence-electron chi connectivity index (χ0n) is 17.9. The lowest BCUT2D eigenvalue weighted by Gasteiger charge is -2.29. The van der Waals surface area contributed by atoms with E-state index in [-0.39, 0.29) is 5.91 Å². The van der Waals surface area contributed by atoms with Gasteiger partial charge in [0, 0.05) is 35.4 Å². The van der Waals surface area contributed by atoms with Crippen molar-refractivity contribution in [3.8, 4) is 0 Å². The second-order valence-electron chi connectivity index (χ2n) is 8.49. The number of hydrogen-bond donors (Lipinski definition) is 2. The van der Waals surface area contributed by atoms with Gasteiger partial charge in [0.05, 0.1) is 0 Å². The normalized spacial score (nSPS) is 15.2. The molecule has 1 amide bonds. The zero-order chi connectivity index (χ0) is 22.1. The largest absolute Gasteiger partial charge is 0.336 e. The maximum atomic E-state index is 12.2. The van der Waals surface area contributed by atoms with Crippen LogP contribution in [-0.4, -0.2) is 27.4 Å². The number of carbonyl (C=O) groups excluding carboxylic acids is 1. The summed E-state index contributed by atoms with van der Waals surface area (Å²) in [6, 6.07) is 12.2. The van der Waals surface area contributed by atoms with Gasteiger partial charge in [-0.2, -0.15) is 4.98 Å². The molecule has 1 aliphatic heterocycles. The van der Waals surface area contributed by atoms with E-state index in [1.807, 2.05) is 25.1 Å². The molecule has 2 aliphatic rings. The summed E-state index contributed by atoms with van der Waals surface area (Å²) in [4.78, 5) is 27.8. The molecule has 3 aromatic rings. The Morgan fingerprint density at radius 1 is 1.16 bits per heavy atom. The van der Waals surface area contributed by atoms with Crippen LogP contribution in [0.3, 0.4) is 0 Å². The molecule has 0 saturated heterocycles. The van der Waals surface area contributed by atoms with Gasteiger partial charge in [0.25, 0.3) is 0 Å². The topological polar surface area (TPSA) is 83.0 Å². The highest BCUT2D eigenvalue weighted by Crippen LogP contribution is 2.33. The van der Waals surface area contributed by atoms with Crippen molar-refractivity contribution in [3.05, 3.63) is 63.9 Å². The van der Waals surface area contributed by atoms with Gasteiger partial charge in [-0.25, -0.2) is 9.97 Å². The molecule has 1 aliphatic carbocycles. The molecule has 0 atom stereocenters. The number of halogens is 1. The van der Waals surface area contributed by atoms with Crippen molar-refractivity contribution in [1.29, 1.82) is 0 Å². The van der Waals surface area contributed by atoms with Crippen LogP contribution >= 0.6 is 15.9 Å². The minimum absolute atomic E-state index is 0.0765. The van der Waals surface area contributed by atoms with Crippen LogP contribution in [0.25, 0.3) is 0 Å². The van der Waals surface area contributed by atoms with Crippen molar-refractivity contribution in [3.63, 3.8) is 0 Å². The monoisotopic (exact) mass is 492 g/mol. The predicted molar refractivity (Wildman–Crippen MR) is 129 cm³/mol. The molecule has 0 radical (unpaired) electrons. The molecule has 0 spiro atoms. The molecule has 1 aromatic heterocycles. The van der Waals surface area contributed by atoms with Crippen LogP contribution in [0.4, 0.5) is 23.3 Å². The molecule has 1 saturated carbocycles. The molecule has 8 heteroatoms. The first-order chi connectivity index (χ1) is 15.5. The highest BCUT2D eigenvalue weighted by atomic mass is 79.9. The maximum absolute atomic E-state index is 12.2. The van der Waals surface area contributed by atoms with Gasteiger partial charge < -0.3 is 15.5 Å². The van der Waals surface area contributed by atoms with Crippen molar-refractivity contribution in [2.45, 2.75) is 39.2 Å². The lowest BCUT2D eigenvalue weighted by Crippen LogP contribution is -2.32. The van der Waals surface area contributed by atoms with Crippen molar-refractivity contribution in [2.75, 3.05) is 22.1 Å². The SMILES string of the molecule is Cc1c(NC(=O)CC2CC2)cccc1Nc1ncnc(N2CCc3cc(Br)ccc3C2)n1. The third kappa shape index (κ3) is 4.75. The molecule has 2 aromatic carbocycles. The van der Waals surface area contributed by atoms with E-state index in [4.69, 9.17) is 0 Å². The Kier molecular flexibility index (Phi) is 5.78. The summed E-state index contributed by atoms with van der Waals surface area (Å²) in [7, 11) is 0. The summed E-state index contributed by atoms with van der Waals surface area (Å²) < 4.78 is 1.11. The van der Waals surface area contributed by atoms with E-state index in [1.165, 1.54) is 11.1 Å². The third-order valence-electron chi connectivity index (χ3n) is 6.05. The molecule has 5 rings (SSSR count). The Balaban J connectivity index is 1.30. The number of carbonyl (C=O) groups is 1. The zero-order valence-corrected chi connectivity index (χ0v) is 19.5. The average Bonchev–Trinajstić information content (AvgIpc) is 3.60. The number of hydrogen-bond acceptors (Lipinski definition) is 6. The number of nitrogens with one attached hydrogen (secondary N) is 2. The molecule has 1 fully saturated rings. The molecule has 7 nitrogen and oxygen atoms in total. The van der Waals surface area contributed by atoms with Crippen LogP contribution in [0.2, 0.25) is 0 Å². The molecule has 0 unspecified atom stereocenters. The van der Waals surface area contributed by atoms with Crippen LogP contribution in [0, 0.1) is 12.8 Å². The van der Waals surface area contributed by atoms with E-state index in [2.05, 4.69) is 64.6 Å². The highest BCUT2D eigenvalue weighted by molar-refractivity contribution is 9.10. The van der Waals surface area contributed by atoms with Gasteiger partial charge >= 0.3 is 0 Å². The Labute approximate surface area is 195 Å². The van der Waals surface area contributed by atoms with Crippen LogP contribution < -0.4 is 15.5 Å². The Bertz CT molecular complexity index is 1160. The van der Waals surface area contributed by atoms with E-state index < -0.39 is 0 Å². The van der Waals surface area contributed by atoms with Gasteiger partial charge in [0.2, 0.25) is 17.8 Å². The first kappa shape index (κ1) is 20.9. The Morgan fingerprint density at radius 2 is 2.00 bits per heavy atom. The number of nitrogens with zero attached hydrogens (tertiary/aromatic N) is 4. The Morgan fingerprint density at radius 3 is 2.84 bits per heavy atom. The fraction of sp³-hybridized carbons (Fsp3) is 0.333. The van der Waals surface area contributed by atoms with Gasteiger partial charge in [-0.3, -0.25) is 4.79 Å². The van der Waals surface area contributed by atoms with Gasteiger partial charge in [-0.05, 0) is 73.1 Å². The molecule has 164 valence electrons. The molecule has 32 heavy (non-hydrogen) atoms. The molecule has 2 N–H and O–H groups in total. The second kappa shape index (κ2) is 8.86. The number of rotatable bonds is 6. The number of aromatic nitrogens is 3. The summed E-state index contributed by atoms with van der Waals surface area (Å²) in [6.45, 7) is 3.61. The van der Waals surface area contributed by atoms with Gasteiger partial charge in [-0.15, -0.1) is 0 Å². The summed E-state index contributed by atoms with van der Waals surface area (Å²) in [5.41, 5.74) is 5.28. The molecule has 0 bridgehead atoms. The standard InChI is InChI=1S/C24H25BrN6O/c1-15-20(28-22(32)11-16-5-6-16)3-2-4-21(15)29-23-26-14-27-24(30-23)31-10-9-17-12-19(25)8-7-18(17)13-31/h2-4,7-8,12,14,16H,5-6,9-11,13H2,1H3,(H,28,32)(H,26,27,29,30). The van der Waals surface area contributed by atoms with Crippen LogP contribution in [-0.2, 0) is 17.8 Å². The third-order valence-corrected chi connectivity index (χ3v) is 6.54. The quantitative estimate of drug-likeness (QED) is 0.504. The summed E-state index contributed by atoms with van der Waals surface area (Å²) in [5, 5.41) is 6.34. The number of amides is 1. The number of anilines is 4. The van der Waals surface area contributed by atoms with E-state index in [1.54, 1.807) is 6.33 Å². The predicted octanol–water partition coefficient (Wildman–Crippen LogP) is 4.99. The summed E-state index contributed by atoms with van der Waals surface area (Å²) >= 11 is 3.55. The van der Waals surface area contributed by atoms with Gasteiger partial charge in [0.1, 0.15) is 6.33 Å². The minimum Gasteiger partial charge on any atom is -0.336 e. The summed E-state index contributed by atoms with van der Waals surface area (Å²) in [5.74, 6) is 1.78. The van der Waals surface area contributed by atoms with E-state index in [0.717, 1.165) is 53.8 Å². The molecular formula is C24H25BrN6O. The lowest BCUT2D eigenvalue weighted by atomic mass is 10.0. The van der Waals surface area contributed by atoms with Crippen LogP contribution in [0.5, 0.6) is 0 Å². The van der Waals surface area contributed by atoms with Gasteiger partial charge in [-0.1, -0.05) is 28.1 Å². The van der Waals surface area contributed by atoms with Gasteiger partial charge in [0.15, 0.2) is 0 Å². The molecular weight excluding hydrogens is 468 g/mol. The lowest BCUT2D eigenvalue weighted by molar-refractivity contribution is -0.116. The van der Waals surface area contributed by atoms with Crippen molar-refractivity contribution in [1.82, 2.24) is 15.0 Å². The van der Waals surface area contributed by atoms with Crippen LogP contribution in [0.1, 0.15) is 36.0 Å². The Hall–Kier alpha value is -3.00.